The van der Waals surface area contributed by atoms with E-state index >= 15 is 0 Å². The van der Waals surface area contributed by atoms with Crippen LogP contribution in [0.2, 0.25) is 0 Å². The Morgan fingerprint density at radius 2 is 2.35 bits per heavy atom. The van der Waals surface area contributed by atoms with Gasteiger partial charge in [0.2, 0.25) is 5.91 Å². The van der Waals surface area contributed by atoms with Crippen molar-refractivity contribution in [3.8, 4) is 0 Å². The fraction of sp³-hybridized carbons (Fsp3) is 0.750. The van der Waals surface area contributed by atoms with Crippen molar-refractivity contribution >= 4 is 18.3 Å². The summed E-state index contributed by atoms with van der Waals surface area (Å²) in [6.45, 7) is 7.57. The number of carbonyl (C=O) groups is 1. The van der Waals surface area contributed by atoms with E-state index in [0.717, 1.165) is 19.4 Å². The minimum absolute atomic E-state index is 0. The molecule has 0 aliphatic carbocycles. The highest BCUT2D eigenvalue weighted by Gasteiger charge is 2.26. The van der Waals surface area contributed by atoms with Gasteiger partial charge in [-0.25, -0.2) is 0 Å². The number of likely N-dealkylation sites (tertiary alicyclic amines) is 1. The number of hydrogen-bond acceptors (Lipinski definition) is 3. The van der Waals surface area contributed by atoms with Gasteiger partial charge in [0.05, 0.1) is 6.54 Å². The van der Waals surface area contributed by atoms with E-state index in [9.17, 15) is 4.79 Å². The Balaban J connectivity index is 0.00000256. The molecule has 1 saturated heterocycles. The third kappa shape index (κ3) is 5.52. The highest BCUT2D eigenvalue weighted by Crippen LogP contribution is 2.18. The van der Waals surface area contributed by atoms with E-state index in [2.05, 4.69) is 16.8 Å². The molecular formula is C12H24ClN3O. The van der Waals surface area contributed by atoms with Crippen molar-refractivity contribution in [3.05, 3.63) is 12.7 Å². The van der Waals surface area contributed by atoms with E-state index in [-0.39, 0.29) is 24.4 Å². The molecule has 0 spiro atoms. The molecule has 2 unspecified atom stereocenters. The van der Waals surface area contributed by atoms with Gasteiger partial charge in [0, 0.05) is 18.6 Å². The van der Waals surface area contributed by atoms with Crippen LogP contribution < -0.4 is 11.1 Å². The number of hydrogen-bond donors (Lipinski definition) is 2. The van der Waals surface area contributed by atoms with Gasteiger partial charge in [0.25, 0.3) is 0 Å². The Kier molecular flexibility index (Phi) is 8.21. The fourth-order valence-corrected chi connectivity index (χ4v) is 2.23. The first-order chi connectivity index (χ1) is 7.65. The van der Waals surface area contributed by atoms with Crippen molar-refractivity contribution in [2.45, 2.75) is 38.3 Å². The molecule has 3 N–H and O–H groups in total. The molecule has 5 heteroatoms. The van der Waals surface area contributed by atoms with Gasteiger partial charge in [-0.1, -0.05) is 12.5 Å². The average molecular weight is 262 g/mol. The van der Waals surface area contributed by atoms with E-state index < -0.39 is 0 Å². The van der Waals surface area contributed by atoms with Crippen LogP contribution in [-0.4, -0.2) is 42.5 Å². The molecule has 1 aliphatic rings. The van der Waals surface area contributed by atoms with Gasteiger partial charge in [-0.15, -0.1) is 19.0 Å². The largest absolute Gasteiger partial charge is 0.352 e. The third-order valence-corrected chi connectivity index (χ3v) is 3.06. The summed E-state index contributed by atoms with van der Waals surface area (Å²) >= 11 is 0. The molecule has 17 heavy (non-hydrogen) atoms. The minimum atomic E-state index is 0. The summed E-state index contributed by atoms with van der Waals surface area (Å²) in [5, 5.41) is 2.80. The number of nitrogens with one attached hydrogen (secondary N) is 1. The fourth-order valence-electron chi connectivity index (χ4n) is 2.23. The second-order valence-electron chi connectivity index (χ2n) is 4.49. The summed E-state index contributed by atoms with van der Waals surface area (Å²) in [5.41, 5.74) is 5.94. The standard InChI is InChI=1S/C12H23N3O.ClH/c1-3-7-14-12(16)9-15-8-5-4-6-11(15)10(2)13;/h3,10-11H,1,4-9,13H2,2H3,(H,14,16);1H. The first kappa shape index (κ1) is 16.4. The van der Waals surface area contributed by atoms with Crippen molar-refractivity contribution < 1.29 is 4.79 Å². The maximum Gasteiger partial charge on any atom is 0.234 e. The summed E-state index contributed by atoms with van der Waals surface area (Å²) in [7, 11) is 0. The van der Waals surface area contributed by atoms with Crippen LogP contribution in [0, 0.1) is 0 Å². The lowest BCUT2D eigenvalue weighted by Gasteiger charge is -2.37. The zero-order valence-electron chi connectivity index (χ0n) is 10.5. The summed E-state index contributed by atoms with van der Waals surface area (Å²) in [6.07, 6.45) is 5.18. The summed E-state index contributed by atoms with van der Waals surface area (Å²) in [5.74, 6) is 0.0625. The van der Waals surface area contributed by atoms with Crippen LogP contribution in [0.5, 0.6) is 0 Å². The van der Waals surface area contributed by atoms with Crippen LogP contribution >= 0.6 is 12.4 Å². The SMILES string of the molecule is C=CCNC(=O)CN1CCCCC1C(C)N.Cl. The number of nitrogens with two attached hydrogens (primary N) is 1. The normalized spacial score (nSPS) is 22.4. The highest BCUT2D eigenvalue weighted by atomic mass is 35.5. The maximum absolute atomic E-state index is 11.6. The molecule has 0 aromatic heterocycles. The molecule has 1 amide bonds. The number of halogens is 1. The Hall–Kier alpha value is -0.580. The lowest BCUT2D eigenvalue weighted by molar-refractivity contribution is -0.123. The number of piperidine rings is 1. The minimum Gasteiger partial charge on any atom is -0.352 e. The number of nitrogens with zero attached hydrogens (tertiary/aromatic N) is 1. The Bertz CT molecular complexity index is 246. The van der Waals surface area contributed by atoms with Crippen molar-refractivity contribution in [1.29, 1.82) is 0 Å². The second-order valence-corrected chi connectivity index (χ2v) is 4.49. The van der Waals surface area contributed by atoms with Gasteiger partial charge in [0.15, 0.2) is 0 Å². The molecule has 2 atom stereocenters. The molecular weight excluding hydrogens is 238 g/mol. The van der Waals surface area contributed by atoms with Crippen molar-refractivity contribution in [3.63, 3.8) is 0 Å². The monoisotopic (exact) mass is 261 g/mol. The van der Waals surface area contributed by atoms with E-state index in [1.807, 2.05) is 6.92 Å². The third-order valence-electron chi connectivity index (χ3n) is 3.06. The molecule has 1 fully saturated rings. The number of rotatable bonds is 5. The van der Waals surface area contributed by atoms with Crippen LogP contribution in [-0.2, 0) is 4.79 Å². The van der Waals surface area contributed by atoms with Gasteiger partial charge in [-0.05, 0) is 26.3 Å². The van der Waals surface area contributed by atoms with Crippen LogP contribution in [0.1, 0.15) is 26.2 Å². The zero-order chi connectivity index (χ0) is 12.0. The molecule has 0 saturated carbocycles. The highest BCUT2D eigenvalue weighted by molar-refractivity contribution is 5.85. The van der Waals surface area contributed by atoms with E-state index in [4.69, 9.17) is 5.73 Å². The van der Waals surface area contributed by atoms with Crippen LogP contribution in [0.3, 0.4) is 0 Å². The topological polar surface area (TPSA) is 58.4 Å². The quantitative estimate of drug-likeness (QED) is 0.724. The predicted molar refractivity (Wildman–Crippen MR) is 73.3 cm³/mol. The van der Waals surface area contributed by atoms with Crippen molar-refractivity contribution in [2.24, 2.45) is 5.73 Å². The molecule has 0 aromatic rings. The molecule has 0 radical (unpaired) electrons. The Morgan fingerprint density at radius 3 is 2.94 bits per heavy atom. The Labute approximate surface area is 110 Å². The summed E-state index contributed by atoms with van der Waals surface area (Å²) in [6, 6.07) is 0.482. The average Bonchev–Trinajstić information content (AvgIpc) is 2.27. The van der Waals surface area contributed by atoms with Gasteiger partial charge < -0.3 is 11.1 Å². The smallest absolute Gasteiger partial charge is 0.234 e. The van der Waals surface area contributed by atoms with E-state index in [1.54, 1.807) is 6.08 Å². The van der Waals surface area contributed by atoms with Gasteiger partial charge in [0.1, 0.15) is 0 Å². The molecule has 1 rings (SSSR count). The number of carbonyl (C=O) groups excluding carboxylic acids is 1. The molecule has 1 aliphatic heterocycles. The molecule has 1 heterocycles. The molecule has 0 aromatic carbocycles. The number of amides is 1. The van der Waals surface area contributed by atoms with Gasteiger partial charge in [-0.2, -0.15) is 0 Å². The van der Waals surface area contributed by atoms with E-state index in [1.165, 1.54) is 6.42 Å². The maximum atomic E-state index is 11.6. The van der Waals surface area contributed by atoms with Crippen LogP contribution in [0.4, 0.5) is 0 Å². The van der Waals surface area contributed by atoms with Gasteiger partial charge >= 0.3 is 0 Å². The first-order valence-electron chi connectivity index (χ1n) is 6.02. The molecule has 100 valence electrons. The molecule has 0 bridgehead atoms. The van der Waals surface area contributed by atoms with Crippen molar-refractivity contribution in [2.75, 3.05) is 19.6 Å². The summed E-state index contributed by atoms with van der Waals surface area (Å²) in [4.78, 5) is 13.8. The van der Waals surface area contributed by atoms with Crippen LogP contribution in [0.15, 0.2) is 12.7 Å². The zero-order valence-corrected chi connectivity index (χ0v) is 11.3. The predicted octanol–water partition coefficient (Wildman–Crippen LogP) is 0.912. The van der Waals surface area contributed by atoms with Crippen LogP contribution in [0.25, 0.3) is 0 Å². The van der Waals surface area contributed by atoms with E-state index in [0.29, 0.717) is 19.1 Å². The lowest BCUT2D eigenvalue weighted by atomic mass is 9.97. The Morgan fingerprint density at radius 1 is 1.65 bits per heavy atom. The summed E-state index contributed by atoms with van der Waals surface area (Å²) < 4.78 is 0. The second kappa shape index (κ2) is 8.50. The molecule has 4 nitrogen and oxygen atoms in total. The van der Waals surface area contributed by atoms with Gasteiger partial charge in [-0.3, -0.25) is 9.69 Å². The van der Waals surface area contributed by atoms with Crippen molar-refractivity contribution in [1.82, 2.24) is 10.2 Å². The first-order valence-corrected chi connectivity index (χ1v) is 6.02. The lowest BCUT2D eigenvalue weighted by Crippen LogP contribution is -2.52.